The maximum Gasteiger partial charge on any atom is 0.161 e. The van der Waals surface area contributed by atoms with E-state index in [0.29, 0.717) is 13.2 Å². The van der Waals surface area contributed by atoms with Crippen LogP contribution >= 0.6 is 0 Å². The van der Waals surface area contributed by atoms with Gasteiger partial charge in [-0.05, 0) is 44.0 Å². The average Bonchev–Trinajstić information content (AvgIpc) is 2.32. The Kier molecular flexibility index (Phi) is 5.67. The van der Waals surface area contributed by atoms with Gasteiger partial charge in [0.05, 0.1) is 13.2 Å². The molecule has 0 saturated heterocycles. The van der Waals surface area contributed by atoms with Gasteiger partial charge in [-0.1, -0.05) is 26.8 Å². The Labute approximate surface area is 117 Å². The summed E-state index contributed by atoms with van der Waals surface area (Å²) in [6.07, 6.45) is 0. The second-order valence-electron chi connectivity index (χ2n) is 5.66. The Balaban J connectivity index is 3.12. The second kappa shape index (κ2) is 6.80. The Morgan fingerprint density at radius 3 is 2.11 bits per heavy atom. The molecule has 0 spiro atoms. The average molecular weight is 265 g/mol. The standard InChI is InChI=1S/C16H27NO2/c1-7-18-13-10-9-12(11-14(13)19-8-2)15(17-6)16(3,4)5/h9-11,15,17H,7-8H2,1-6H3. The highest BCUT2D eigenvalue weighted by atomic mass is 16.5. The molecule has 3 nitrogen and oxygen atoms in total. The summed E-state index contributed by atoms with van der Waals surface area (Å²) in [7, 11) is 1.99. The Morgan fingerprint density at radius 2 is 1.63 bits per heavy atom. The van der Waals surface area contributed by atoms with Crippen molar-refractivity contribution in [2.75, 3.05) is 20.3 Å². The predicted molar refractivity (Wildman–Crippen MR) is 80.0 cm³/mol. The van der Waals surface area contributed by atoms with E-state index in [2.05, 4.69) is 38.2 Å². The molecule has 1 N–H and O–H groups in total. The molecule has 1 rings (SSSR count). The van der Waals surface area contributed by atoms with Gasteiger partial charge in [-0.3, -0.25) is 0 Å². The van der Waals surface area contributed by atoms with E-state index < -0.39 is 0 Å². The minimum Gasteiger partial charge on any atom is -0.490 e. The maximum atomic E-state index is 5.68. The van der Waals surface area contributed by atoms with Gasteiger partial charge in [0.25, 0.3) is 0 Å². The van der Waals surface area contributed by atoms with Crippen molar-refractivity contribution in [1.82, 2.24) is 5.32 Å². The SMILES string of the molecule is CCOc1ccc(C(NC)C(C)(C)C)cc1OCC. The first-order chi connectivity index (χ1) is 8.93. The lowest BCUT2D eigenvalue weighted by Gasteiger charge is -2.31. The summed E-state index contributed by atoms with van der Waals surface area (Å²) < 4.78 is 11.3. The van der Waals surface area contributed by atoms with Crippen LogP contribution in [0.4, 0.5) is 0 Å². The monoisotopic (exact) mass is 265 g/mol. The highest BCUT2D eigenvalue weighted by molar-refractivity contribution is 5.44. The topological polar surface area (TPSA) is 30.5 Å². The number of hydrogen-bond acceptors (Lipinski definition) is 3. The van der Waals surface area contributed by atoms with E-state index in [1.807, 2.05) is 27.0 Å². The van der Waals surface area contributed by atoms with Crippen molar-refractivity contribution in [1.29, 1.82) is 0 Å². The molecule has 0 amide bonds. The molecular formula is C16H27NO2. The van der Waals surface area contributed by atoms with E-state index in [0.717, 1.165) is 11.5 Å². The summed E-state index contributed by atoms with van der Waals surface area (Å²) in [5.74, 6) is 1.64. The molecule has 108 valence electrons. The van der Waals surface area contributed by atoms with Crippen molar-refractivity contribution < 1.29 is 9.47 Å². The number of ether oxygens (including phenoxy) is 2. The summed E-state index contributed by atoms with van der Waals surface area (Å²) in [5, 5.41) is 3.38. The Morgan fingerprint density at radius 1 is 1.05 bits per heavy atom. The van der Waals surface area contributed by atoms with Crippen LogP contribution in [-0.2, 0) is 0 Å². The third kappa shape index (κ3) is 4.13. The van der Waals surface area contributed by atoms with E-state index in [4.69, 9.17) is 9.47 Å². The molecule has 0 aliphatic carbocycles. The van der Waals surface area contributed by atoms with Gasteiger partial charge in [0, 0.05) is 6.04 Å². The first kappa shape index (κ1) is 15.8. The summed E-state index contributed by atoms with van der Waals surface area (Å²) in [5.41, 5.74) is 1.37. The van der Waals surface area contributed by atoms with Gasteiger partial charge in [-0.15, -0.1) is 0 Å². The van der Waals surface area contributed by atoms with Crippen LogP contribution in [0, 0.1) is 5.41 Å². The Bertz CT molecular complexity index is 396. The molecule has 0 aromatic heterocycles. The van der Waals surface area contributed by atoms with E-state index >= 15 is 0 Å². The lowest BCUT2D eigenvalue weighted by Crippen LogP contribution is -2.29. The highest BCUT2D eigenvalue weighted by Crippen LogP contribution is 2.37. The van der Waals surface area contributed by atoms with E-state index in [1.54, 1.807) is 0 Å². The lowest BCUT2D eigenvalue weighted by molar-refractivity contribution is 0.276. The quantitative estimate of drug-likeness (QED) is 0.849. The summed E-state index contributed by atoms with van der Waals surface area (Å²) >= 11 is 0. The first-order valence-corrected chi connectivity index (χ1v) is 7.00. The number of nitrogens with one attached hydrogen (secondary N) is 1. The molecule has 19 heavy (non-hydrogen) atoms. The minimum absolute atomic E-state index is 0.144. The molecule has 0 aliphatic heterocycles. The van der Waals surface area contributed by atoms with Crippen LogP contribution in [0.1, 0.15) is 46.2 Å². The summed E-state index contributed by atoms with van der Waals surface area (Å²) in [4.78, 5) is 0. The van der Waals surface area contributed by atoms with Crippen LogP contribution in [0.2, 0.25) is 0 Å². The van der Waals surface area contributed by atoms with Crippen molar-refractivity contribution in [3.05, 3.63) is 23.8 Å². The highest BCUT2D eigenvalue weighted by Gasteiger charge is 2.25. The van der Waals surface area contributed by atoms with Gasteiger partial charge in [0.15, 0.2) is 11.5 Å². The minimum atomic E-state index is 0.144. The maximum absolute atomic E-state index is 5.68. The fraction of sp³-hybridized carbons (Fsp3) is 0.625. The molecule has 0 bridgehead atoms. The number of benzene rings is 1. The van der Waals surface area contributed by atoms with Crippen LogP contribution in [0.15, 0.2) is 18.2 Å². The van der Waals surface area contributed by atoms with Crippen LogP contribution in [0.3, 0.4) is 0 Å². The normalized spacial score (nSPS) is 13.2. The molecule has 0 aliphatic rings. The summed E-state index contributed by atoms with van der Waals surface area (Å²) in [6.45, 7) is 11.9. The van der Waals surface area contributed by atoms with Crippen molar-refractivity contribution in [3.8, 4) is 11.5 Å². The number of hydrogen-bond donors (Lipinski definition) is 1. The molecule has 1 unspecified atom stereocenters. The van der Waals surface area contributed by atoms with Gasteiger partial charge in [0.1, 0.15) is 0 Å². The fourth-order valence-corrected chi connectivity index (χ4v) is 2.35. The van der Waals surface area contributed by atoms with Gasteiger partial charge in [0.2, 0.25) is 0 Å². The molecule has 1 atom stereocenters. The van der Waals surface area contributed by atoms with Gasteiger partial charge in [-0.25, -0.2) is 0 Å². The molecular weight excluding hydrogens is 238 g/mol. The third-order valence-electron chi connectivity index (χ3n) is 3.06. The van der Waals surface area contributed by atoms with E-state index in [1.165, 1.54) is 5.56 Å². The van der Waals surface area contributed by atoms with Crippen molar-refractivity contribution in [2.24, 2.45) is 5.41 Å². The first-order valence-electron chi connectivity index (χ1n) is 7.00. The molecule has 0 heterocycles. The second-order valence-corrected chi connectivity index (χ2v) is 5.66. The lowest BCUT2D eigenvalue weighted by atomic mass is 9.82. The number of rotatable bonds is 6. The van der Waals surface area contributed by atoms with Crippen LogP contribution < -0.4 is 14.8 Å². The van der Waals surface area contributed by atoms with Crippen molar-refractivity contribution in [3.63, 3.8) is 0 Å². The molecule has 3 heteroatoms. The fourth-order valence-electron chi connectivity index (χ4n) is 2.35. The van der Waals surface area contributed by atoms with Crippen molar-refractivity contribution in [2.45, 2.75) is 40.7 Å². The zero-order valence-electron chi connectivity index (χ0n) is 13.0. The van der Waals surface area contributed by atoms with Gasteiger partial charge >= 0.3 is 0 Å². The smallest absolute Gasteiger partial charge is 0.161 e. The van der Waals surface area contributed by atoms with Gasteiger partial charge in [-0.2, -0.15) is 0 Å². The van der Waals surface area contributed by atoms with Crippen LogP contribution in [0.5, 0.6) is 11.5 Å². The van der Waals surface area contributed by atoms with Crippen LogP contribution in [0.25, 0.3) is 0 Å². The Hall–Kier alpha value is -1.22. The van der Waals surface area contributed by atoms with Crippen molar-refractivity contribution >= 4 is 0 Å². The molecule has 1 aromatic rings. The molecule has 0 radical (unpaired) electrons. The van der Waals surface area contributed by atoms with E-state index in [-0.39, 0.29) is 11.5 Å². The molecule has 1 aromatic carbocycles. The van der Waals surface area contributed by atoms with Crippen LogP contribution in [-0.4, -0.2) is 20.3 Å². The van der Waals surface area contributed by atoms with E-state index in [9.17, 15) is 0 Å². The molecule has 0 saturated carbocycles. The molecule has 0 fully saturated rings. The zero-order valence-corrected chi connectivity index (χ0v) is 13.0. The van der Waals surface area contributed by atoms with Gasteiger partial charge < -0.3 is 14.8 Å². The zero-order chi connectivity index (χ0) is 14.5. The third-order valence-corrected chi connectivity index (χ3v) is 3.06. The largest absolute Gasteiger partial charge is 0.490 e. The summed E-state index contributed by atoms with van der Waals surface area (Å²) in [6, 6.07) is 6.48. The predicted octanol–water partition coefficient (Wildman–Crippen LogP) is 3.79.